The molecule has 0 aliphatic carbocycles. The first-order valence-corrected chi connectivity index (χ1v) is 4.27. The van der Waals surface area contributed by atoms with Gasteiger partial charge < -0.3 is 0 Å². The zero-order valence-corrected chi connectivity index (χ0v) is 7.55. The summed E-state index contributed by atoms with van der Waals surface area (Å²) < 4.78 is 1.57. The van der Waals surface area contributed by atoms with Crippen LogP contribution in [0.4, 0.5) is 0 Å². The Morgan fingerprint density at radius 3 is 3.07 bits per heavy atom. The molecule has 14 heavy (non-hydrogen) atoms. The van der Waals surface area contributed by atoms with E-state index in [0.29, 0.717) is 5.78 Å². The largest absolute Gasteiger partial charge is 0.272 e. The van der Waals surface area contributed by atoms with Gasteiger partial charge in [-0.15, -0.1) is 10.2 Å². The van der Waals surface area contributed by atoms with E-state index in [-0.39, 0.29) is 0 Å². The molecule has 0 atom stereocenters. The number of fused-ring (bicyclic) bond motifs is 2. The second kappa shape index (κ2) is 2.47. The monoisotopic (exact) mass is 185 g/mol. The lowest BCUT2D eigenvalue weighted by atomic mass is 10.2. The van der Waals surface area contributed by atoms with Gasteiger partial charge in [0, 0.05) is 0 Å². The van der Waals surface area contributed by atoms with E-state index in [4.69, 9.17) is 0 Å². The number of benzene rings is 1. The van der Waals surface area contributed by atoms with E-state index in [1.54, 1.807) is 10.8 Å². The van der Waals surface area contributed by atoms with Crippen LogP contribution in [-0.2, 0) is 0 Å². The maximum Gasteiger partial charge on any atom is 0.272 e. The number of hydrogen-bond acceptors (Lipinski definition) is 4. The van der Waals surface area contributed by atoms with Gasteiger partial charge in [0.15, 0.2) is 0 Å². The van der Waals surface area contributed by atoms with Crippen molar-refractivity contribution >= 4 is 16.8 Å². The van der Waals surface area contributed by atoms with Crippen LogP contribution < -0.4 is 0 Å². The van der Waals surface area contributed by atoms with Crippen LogP contribution in [0.1, 0.15) is 5.56 Å². The second-order valence-electron chi connectivity index (χ2n) is 3.18. The zero-order chi connectivity index (χ0) is 9.54. The van der Waals surface area contributed by atoms with Crippen LogP contribution in [0.5, 0.6) is 0 Å². The van der Waals surface area contributed by atoms with Crippen molar-refractivity contribution in [2.75, 3.05) is 0 Å². The Bertz CT molecular complexity index is 613. The molecule has 0 saturated carbocycles. The molecule has 3 aromatic rings. The van der Waals surface area contributed by atoms with Crippen molar-refractivity contribution in [3.8, 4) is 0 Å². The van der Waals surface area contributed by atoms with Gasteiger partial charge in [-0.05, 0) is 24.6 Å². The van der Waals surface area contributed by atoms with E-state index < -0.39 is 0 Å². The maximum absolute atomic E-state index is 4.33. The highest BCUT2D eigenvalue weighted by Gasteiger charge is 2.01. The summed E-state index contributed by atoms with van der Waals surface area (Å²) in [6.07, 6.45) is 1.55. The molecule has 2 heterocycles. The molecule has 3 rings (SSSR count). The van der Waals surface area contributed by atoms with Gasteiger partial charge in [0.1, 0.15) is 11.8 Å². The Balaban J connectivity index is 2.50. The molecule has 0 radical (unpaired) electrons. The van der Waals surface area contributed by atoms with Crippen molar-refractivity contribution in [3.05, 3.63) is 30.1 Å². The van der Waals surface area contributed by atoms with Gasteiger partial charge in [0.05, 0.1) is 5.52 Å². The van der Waals surface area contributed by atoms with Crippen LogP contribution in [0.3, 0.4) is 0 Å². The summed E-state index contributed by atoms with van der Waals surface area (Å²) in [6.45, 7) is 2.03. The van der Waals surface area contributed by atoms with E-state index >= 15 is 0 Å². The van der Waals surface area contributed by atoms with Crippen LogP contribution in [0.2, 0.25) is 0 Å². The molecule has 1 aromatic carbocycles. The fourth-order valence-corrected chi connectivity index (χ4v) is 1.40. The smallest absolute Gasteiger partial charge is 0.208 e. The third-order valence-corrected chi connectivity index (χ3v) is 2.08. The highest BCUT2D eigenvalue weighted by atomic mass is 15.4. The molecule has 0 spiro atoms. The van der Waals surface area contributed by atoms with E-state index in [2.05, 4.69) is 20.3 Å². The summed E-state index contributed by atoms with van der Waals surface area (Å²) >= 11 is 0. The van der Waals surface area contributed by atoms with Gasteiger partial charge in [0.25, 0.3) is 5.78 Å². The van der Waals surface area contributed by atoms with E-state index in [1.807, 2.05) is 25.1 Å². The van der Waals surface area contributed by atoms with Gasteiger partial charge in [-0.3, -0.25) is 0 Å². The first kappa shape index (κ1) is 7.37. The lowest BCUT2D eigenvalue weighted by Crippen LogP contribution is -1.95. The lowest BCUT2D eigenvalue weighted by molar-refractivity contribution is 0.936. The Kier molecular flexibility index (Phi) is 1.30. The normalized spacial score (nSPS) is 11.2. The molecule has 2 aromatic heterocycles. The molecule has 0 fully saturated rings. The first-order chi connectivity index (χ1) is 6.83. The highest BCUT2D eigenvalue weighted by Crippen LogP contribution is 2.10. The van der Waals surface area contributed by atoms with E-state index in [1.165, 1.54) is 5.56 Å². The van der Waals surface area contributed by atoms with E-state index in [9.17, 15) is 0 Å². The summed E-state index contributed by atoms with van der Waals surface area (Å²) in [5.74, 6) is 0.529. The van der Waals surface area contributed by atoms with Crippen molar-refractivity contribution in [1.82, 2.24) is 24.8 Å². The van der Waals surface area contributed by atoms with Gasteiger partial charge in [-0.2, -0.15) is 9.61 Å². The molecular weight excluding hydrogens is 178 g/mol. The molecule has 0 unspecified atom stereocenters. The predicted octanol–water partition coefficient (Wildman–Crippen LogP) is 0.981. The minimum Gasteiger partial charge on any atom is -0.208 e. The lowest BCUT2D eigenvalue weighted by Gasteiger charge is -1.97. The molecular formula is C9H7N5. The third kappa shape index (κ3) is 0.953. The Labute approximate surface area is 79.4 Å². The van der Waals surface area contributed by atoms with Crippen LogP contribution in [0, 0.1) is 6.92 Å². The van der Waals surface area contributed by atoms with Crippen LogP contribution in [-0.4, -0.2) is 24.8 Å². The molecule has 5 heteroatoms. The Morgan fingerprint density at radius 1 is 1.21 bits per heavy atom. The molecule has 0 saturated heterocycles. The predicted molar refractivity (Wildman–Crippen MR) is 50.8 cm³/mol. The number of hydrogen-bond donors (Lipinski definition) is 0. The molecule has 5 nitrogen and oxygen atoms in total. The van der Waals surface area contributed by atoms with Crippen molar-refractivity contribution < 1.29 is 0 Å². The standard InChI is InChI=1S/C9H7N5/c1-6-2-3-7-8(4-6)13-14-5-10-12-9(14)11-7/h2-5H,1H3. The fourth-order valence-electron chi connectivity index (χ4n) is 1.40. The quantitative estimate of drug-likeness (QED) is 0.524. The summed E-state index contributed by atoms with van der Waals surface area (Å²) in [7, 11) is 0. The average Bonchev–Trinajstić information content (AvgIpc) is 2.61. The first-order valence-electron chi connectivity index (χ1n) is 4.27. The van der Waals surface area contributed by atoms with Crippen molar-refractivity contribution in [2.24, 2.45) is 0 Å². The minimum atomic E-state index is 0.529. The molecule has 68 valence electrons. The summed E-state index contributed by atoms with van der Waals surface area (Å²) in [5.41, 5.74) is 2.87. The minimum absolute atomic E-state index is 0.529. The topological polar surface area (TPSA) is 56.0 Å². The molecule has 0 amide bonds. The molecule has 0 bridgehead atoms. The van der Waals surface area contributed by atoms with Gasteiger partial charge in [0.2, 0.25) is 0 Å². The number of rotatable bonds is 0. The number of aryl methyl sites for hydroxylation is 1. The fraction of sp³-hybridized carbons (Fsp3) is 0.111. The summed E-state index contributed by atoms with van der Waals surface area (Å²) in [6, 6.07) is 5.93. The van der Waals surface area contributed by atoms with Crippen LogP contribution in [0.25, 0.3) is 16.8 Å². The molecule has 0 N–H and O–H groups in total. The van der Waals surface area contributed by atoms with E-state index in [0.717, 1.165) is 11.0 Å². The average molecular weight is 185 g/mol. The number of nitrogens with zero attached hydrogens (tertiary/aromatic N) is 5. The highest BCUT2D eigenvalue weighted by molar-refractivity contribution is 5.75. The SMILES string of the molecule is Cc1ccc2nc3nncn3nc2c1. The van der Waals surface area contributed by atoms with Gasteiger partial charge in [-0.25, -0.2) is 4.98 Å². The Hall–Kier alpha value is -2.04. The van der Waals surface area contributed by atoms with Crippen molar-refractivity contribution in [1.29, 1.82) is 0 Å². The second-order valence-corrected chi connectivity index (χ2v) is 3.18. The summed E-state index contributed by atoms with van der Waals surface area (Å²) in [4.78, 5) is 4.31. The zero-order valence-electron chi connectivity index (χ0n) is 7.55. The molecule has 0 aliphatic rings. The van der Waals surface area contributed by atoms with Gasteiger partial charge >= 0.3 is 0 Å². The summed E-state index contributed by atoms with van der Waals surface area (Å²) in [5, 5.41) is 11.9. The van der Waals surface area contributed by atoms with Gasteiger partial charge in [-0.1, -0.05) is 6.07 Å². The van der Waals surface area contributed by atoms with Crippen molar-refractivity contribution in [3.63, 3.8) is 0 Å². The Morgan fingerprint density at radius 2 is 2.14 bits per heavy atom. The number of aromatic nitrogens is 5. The maximum atomic E-state index is 4.33. The third-order valence-electron chi connectivity index (χ3n) is 2.08. The van der Waals surface area contributed by atoms with Crippen LogP contribution in [0.15, 0.2) is 24.5 Å². The van der Waals surface area contributed by atoms with Crippen LogP contribution >= 0.6 is 0 Å². The van der Waals surface area contributed by atoms with Crippen molar-refractivity contribution in [2.45, 2.75) is 6.92 Å². The molecule has 0 aliphatic heterocycles.